The van der Waals surface area contributed by atoms with E-state index >= 15 is 0 Å². The molecule has 146 valence electrons. The minimum atomic E-state index is -3.48. The van der Waals surface area contributed by atoms with Crippen molar-refractivity contribution in [1.82, 2.24) is 19.9 Å². The predicted molar refractivity (Wildman–Crippen MR) is 107 cm³/mol. The molecule has 0 spiro atoms. The second kappa shape index (κ2) is 7.81. The van der Waals surface area contributed by atoms with E-state index in [2.05, 4.69) is 15.3 Å². The molecule has 8 nitrogen and oxygen atoms in total. The van der Waals surface area contributed by atoms with E-state index in [4.69, 9.17) is 0 Å². The molecular weight excluding hydrogens is 378 g/mol. The number of hydrogen-bond acceptors (Lipinski definition) is 5. The highest BCUT2D eigenvalue weighted by Crippen LogP contribution is 2.21. The smallest absolute Gasteiger partial charge is 0.253 e. The first-order valence-corrected chi connectivity index (χ1v) is 10.4. The average molecular weight is 399 g/mol. The van der Waals surface area contributed by atoms with Gasteiger partial charge in [-0.05, 0) is 36.8 Å². The second-order valence-corrected chi connectivity index (χ2v) is 8.31. The van der Waals surface area contributed by atoms with E-state index in [-0.39, 0.29) is 18.0 Å². The summed E-state index contributed by atoms with van der Waals surface area (Å²) in [4.78, 5) is 21.2. The number of anilines is 1. The van der Waals surface area contributed by atoms with E-state index in [9.17, 15) is 13.2 Å². The zero-order valence-electron chi connectivity index (χ0n) is 15.8. The Morgan fingerprint density at radius 1 is 1.18 bits per heavy atom. The van der Waals surface area contributed by atoms with Crippen LogP contribution in [0.4, 0.5) is 5.69 Å². The topological polar surface area (TPSA) is 97.2 Å². The van der Waals surface area contributed by atoms with Gasteiger partial charge in [0.15, 0.2) is 0 Å². The number of carbonyl (C=O) groups is 1. The molecular formula is C19H21N5O3S. The number of aryl methyl sites for hydroxylation is 1. The minimum Gasteiger partial charge on any atom is -0.348 e. The SMILES string of the molecule is Cc1nccn1-c1cc(CNC(=O)c2ccccc2N(C)S(C)(=O)=O)ccn1. The maximum absolute atomic E-state index is 12.7. The number of nitrogens with zero attached hydrogens (tertiary/aromatic N) is 4. The summed E-state index contributed by atoms with van der Waals surface area (Å²) in [5.74, 6) is 1.16. The van der Waals surface area contributed by atoms with Gasteiger partial charge in [-0.2, -0.15) is 0 Å². The van der Waals surface area contributed by atoms with Crippen LogP contribution >= 0.6 is 0 Å². The van der Waals surface area contributed by atoms with Gasteiger partial charge in [-0.15, -0.1) is 0 Å². The molecule has 9 heteroatoms. The van der Waals surface area contributed by atoms with Crippen LogP contribution in [0.15, 0.2) is 55.0 Å². The summed E-state index contributed by atoms with van der Waals surface area (Å²) in [5, 5.41) is 2.84. The molecule has 0 bridgehead atoms. The highest BCUT2D eigenvalue weighted by Gasteiger charge is 2.19. The monoisotopic (exact) mass is 399 g/mol. The summed E-state index contributed by atoms with van der Waals surface area (Å²) >= 11 is 0. The van der Waals surface area contributed by atoms with Gasteiger partial charge in [0.25, 0.3) is 5.91 Å². The lowest BCUT2D eigenvalue weighted by molar-refractivity contribution is 0.0951. The Morgan fingerprint density at radius 2 is 1.93 bits per heavy atom. The maximum Gasteiger partial charge on any atom is 0.253 e. The van der Waals surface area contributed by atoms with Crippen molar-refractivity contribution in [3.05, 3.63) is 71.9 Å². The van der Waals surface area contributed by atoms with Crippen molar-refractivity contribution in [3.8, 4) is 5.82 Å². The van der Waals surface area contributed by atoms with E-state index in [0.29, 0.717) is 11.5 Å². The normalized spacial score (nSPS) is 11.2. The zero-order valence-corrected chi connectivity index (χ0v) is 16.6. The third-order valence-electron chi connectivity index (χ3n) is 4.32. The van der Waals surface area contributed by atoms with Crippen LogP contribution in [0.25, 0.3) is 5.82 Å². The van der Waals surface area contributed by atoms with Crippen molar-refractivity contribution in [2.75, 3.05) is 17.6 Å². The average Bonchev–Trinajstić information content (AvgIpc) is 3.11. The van der Waals surface area contributed by atoms with Crippen LogP contribution in [-0.4, -0.2) is 42.2 Å². The number of nitrogens with one attached hydrogen (secondary N) is 1. The van der Waals surface area contributed by atoms with Gasteiger partial charge in [0.05, 0.1) is 17.5 Å². The zero-order chi connectivity index (χ0) is 20.3. The molecule has 0 aliphatic rings. The standard InChI is InChI=1S/C19H21N5O3S/c1-14-20-10-11-24(14)18-12-15(8-9-21-18)13-22-19(25)16-6-4-5-7-17(16)23(2)28(3,26)27/h4-12H,13H2,1-3H3,(H,22,25). The lowest BCUT2D eigenvalue weighted by Gasteiger charge is -2.19. The third-order valence-corrected chi connectivity index (χ3v) is 5.51. The fourth-order valence-corrected chi connectivity index (χ4v) is 3.24. The van der Waals surface area contributed by atoms with E-state index in [0.717, 1.165) is 21.9 Å². The van der Waals surface area contributed by atoms with Crippen molar-refractivity contribution in [1.29, 1.82) is 0 Å². The third kappa shape index (κ3) is 4.20. The largest absolute Gasteiger partial charge is 0.348 e. The molecule has 0 aliphatic heterocycles. The van der Waals surface area contributed by atoms with Gasteiger partial charge in [0.1, 0.15) is 11.6 Å². The first-order valence-electron chi connectivity index (χ1n) is 8.54. The minimum absolute atomic E-state index is 0.277. The number of aromatic nitrogens is 3. The highest BCUT2D eigenvalue weighted by molar-refractivity contribution is 7.92. The quantitative estimate of drug-likeness (QED) is 0.683. The van der Waals surface area contributed by atoms with E-state index in [1.165, 1.54) is 7.05 Å². The number of sulfonamides is 1. The summed E-state index contributed by atoms with van der Waals surface area (Å²) in [7, 11) is -2.06. The first-order chi connectivity index (χ1) is 13.3. The Kier molecular flexibility index (Phi) is 5.46. The lowest BCUT2D eigenvalue weighted by Crippen LogP contribution is -2.29. The molecule has 28 heavy (non-hydrogen) atoms. The molecule has 0 unspecified atom stereocenters. The number of carbonyl (C=O) groups excluding carboxylic acids is 1. The van der Waals surface area contributed by atoms with Gasteiger partial charge in [0.2, 0.25) is 10.0 Å². The van der Waals surface area contributed by atoms with Crippen LogP contribution in [-0.2, 0) is 16.6 Å². The summed E-state index contributed by atoms with van der Waals surface area (Å²) < 4.78 is 26.6. The van der Waals surface area contributed by atoms with Gasteiger partial charge in [-0.1, -0.05) is 12.1 Å². The van der Waals surface area contributed by atoms with Crippen molar-refractivity contribution < 1.29 is 13.2 Å². The van der Waals surface area contributed by atoms with Crippen LogP contribution in [0.2, 0.25) is 0 Å². The summed E-state index contributed by atoms with van der Waals surface area (Å²) in [6.07, 6.45) is 6.28. The van der Waals surface area contributed by atoms with Crippen molar-refractivity contribution in [2.24, 2.45) is 0 Å². The van der Waals surface area contributed by atoms with Gasteiger partial charge in [-0.25, -0.2) is 18.4 Å². The van der Waals surface area contributed by atoms with E-state index in [1.807, 2.05) is 29.8 Å². The number of imidazole rings is 1. The van der Waals surface area contributed by atoms with E-state index < -0.39 is 10.0 Å². The summed E-state index contributed by atoms with van der Waals surface area (Å²) in [6.45, 7) is 2.16. The number of benzene rings is 1. The van der Waals surface area contributed by atoms with Crippen LogP contribution in [0.5, 0.6) is 0 Å². The summed E-state index contributed by atoms with van der Waals surface area (Å²) in [6, 6.07) is 10.3. The molecule has 1 aromatic carbocycles. The number of rotatable bonds is 6. The number of para-hydroxylation sites is 1. The molecule has 0 radical (unpaired) electrons. The van der Waals surface area contributed by atoms with Crippen LogP contribution < -0.4 is 9.62 Å². The highest BCUT2D eigenvalue weighted by atomic mass is 32.2. The van der Waals surface area contributed by atoms with Crippen molar-refractivity contribution >= 4 is 21.6 Å². The van der Waals surface area contributed by atoms with E-state index in [1.54, 1.807) is 36.7 Å². The molecule has 2 heterocycles. The lowest BCUT2D eigenvalue weighted by atomic mass is 10.1. The molecule has 2 aromatic heterocycles. The Balaban J connectivity index is 1.78. The first kappa shape index (κ1) is 19.6. The van der Waals surface area contributed by atoms with Gasteiger partial charge >= 0.3 is 0 Å². The van der Waals surface area contributed by atoms with Crippen molar-refractivity contribution in [2.45, 2.75) is 13.5 Å². The molecule has 0 saturated carbocycles. The molecule has 0 atom stereocenters. The second-order valence-electron chi connectivity index (χ2n) is 6.30. The molecule has 3 aromatic rings. The van der Waals surface area contributed by atoms with Gasteiger partial charge in [0, 0.05) is 32.2 Å². The van der Waals surface area contributed by atoms with Crippen LogP contribution in [0.1, 0.15) is 21.7 Å². The molecule has 1 N–H and O–H groups in total. The van der Waals surface area contributed by atoms with Gasteiger partial charge in [-0.3, -0.25) is 13.7 Å². The molecule has 3 rings (SSSR count). The molecule has 0 fully saturated rings. The number of amides is 1. The molecule has 0 aliphatic carbocycles. The Hall–Kier alpha value is -3.20. The van der Waals surface area contributed by atoms with Crippen LogP contribution in [0.3, 0.4) is 0 Å². The molecule has 1 amide bonds. The Labute approximate surface area is 163 Å². The van der Waals surface area contributed by atoms with Crippen LogP contribution in [0, 0.1) is 6.92 Å². The number of hydrogen-bond donors (Lipinski definition) is 1. The number of pyridine rings is 1. The van der Waals surface area contributed by atoms with Gasteiger partial charge < -0.3 is 5.32 Å². The molecule has 0 saturated heterocycles. The fraction of sp³-hybridized carbons (Fsp3) is 0.211. The maximum atomic E-state index is 12.7. The predicted octanol–water partition coefficient (Wildman–Crippen LogP) is 1.90. The fourth-order valence-electron chi connectivity index (χ4n) is 2.72. The summed E-state index contributed by atoms with van der Waals surface area (Å²) in [5.41, 5.74) is 1.47. The Bertz CT molecular complexity index is 1110. The Morgan fingerprint density at radius 3 is 2.61 bits per heavy atom. The van der Waals surface area contributed by atoms with Crippen molar-refractivity contribution in [3.63, 3.8) is 0 Å².